The molecular formula is C17H14NO2P. The Morgan fingerprint density at radius 2 is 1.14 bits per heavy atom. The van der Waals surface area contributed by atoms with Crippen LogP contribution in [-0.2, 0) is 0 Å². The molecule has 0 atom stereocenters. The van der Waals surface area contributed by atoms with Gasteiger partial charge in [-0.15, -0.1) is 0 Å². The maximum Gasteiger partial charge on any atom is 0.346 e. The highest BCUT2D eigenvalue weighted by atomic mass is 31.2. The average Bonchev–Trinajstić information content (AvgIpc) is 2.57. The number of benzene rings is 2. The lowest BCUT2D eigenvalue weighted by Crippen LogP contribution is -2.13. The summed E-state index contributed by atoms with van der Waals surface area (Å²) in [6.07, 6.45) is 1.74. The van der Waals surface area contributed by atoms with Gasteiger partial charge in [-0.1, -0.05) is 42.5 Å². The number of hydrogen-bond acceptors (Lipinski definition) is 3. The quantitative estimate of drug-likeness (QED) is 0.662. The molecule has 0 spiro atoms. The molecule has 0 saturated carbocycles. The molecule has 0 fully saturated rings. The van der Waals surface area contributed by atoms with Crippen LogP contribution in [-0.4, -0.2) is 4.98 Å². The highest BCUT2D eigenvalue weighted by Gasteiger charge is 2.19. The summed E-state index contributed by atoms with van der Waals surface area (Å²) in [6.45, 7) is 0. The van der Waals surface area contributed by atoms with Crippen molar-refractivity contribution < 1.29 is 9.05 Å². The Balaban J connectivity index is 1.84. The summed E-state index contributed by atoms with van der Waals surface area (Å²) in [4.78, 5) is 4.35. The van der Waals surface area contributed by atoms with Gasteiger partial charge >= 0.3 is 8.38 Å². The molecule has 0 unspecified atom stereocenters. The summed E-state index contributed by atoms with van der Waals surface area (Å²) in [5.74, 6) is 1.54. The zero-order valence-corrected chi connectivity index (χ0v) is 12.2. The number of rotatable bonds is 5. The summed E-state index contributed by atoms with van der Waals surface area (Å²) in [6, 6.07) is 25.0. The molecule has 1 heterocycles. The van der Waals surface area contributed by atoms with E-state index in [4.69, 9.17) is 9.05 Å². The highest BCUT2D eigenvalue weighted by Crippen LogP contribution is 2.38. The van der Waals surface area contributed by atoms with E-state index in [0.29, 0.717) is 0 Å². The van der Waals surface area contributed by atoms with Crippen LogP contribution in [0.1, 0.15) is 0 Å². The van der Waals surface area contributed by atoms with E-state index in [1.54, 1.807) is 6.20 Å². The van der Waals surface area contributed by atoms with Crippen molar-refractivity contribution in [1.82, 2.24) is 4.98 Å². The molecule has 3 aromatic rings. The molecule has 0 radical (unpaired) electrons. The number of aromatic nitrogens is 1. The van der Waals surface area contributed by atoms with Crippen LogP contribution in [0.4, 0.5) is 0 Å². The van der Waals surface area contributed by atoms with Crippen molar-refractivity contribution in [2.45, 2.75) is 0 Å². The molecule has 1 aromatic heterocycles. The molecule has 0 saturated heterocycles. The van der Waals surface area contributed by atoms with Gasteiger partial charge in [-0.3, -0.25) is 0 Å². The molecule has 2 aromatic carbocycles. The molecule has 104 valence electrons. The van der Waals surface area contributed by atoms with E-state index in [1.807, 2.05) is 78.9 Å². The second-order valence-corrected chi connectivity index (χ2v) is 5.59. The molecular weight excluding hydrogens is 281 g/mol. The van der Waals surface area contributed by atoms with E-state index in [9.17, 15) is 0 Å². The Morgan fingerprint density at radius 3 is 1.62 bits per heavy atom. The molecule has 3 nitrogen and oxygen atoms in total. The Labute approximate surface area is 125 Å². The molecule has 21 heavy (non-hydrogen) atoms. The van der Waals surface area contributed by atoms with Gasteiger partial charge in [0, 0.05) is 6.20 Å². The minimum absolute atomic E-state index is 0.769. The Bertz CT molecular complexity index is 621. The first kappa shape index (κ1) is 13.6. The fourth-order valence-corrected chi connectivity index (χ4v) is 2.95. The third kappa shape index (κ3) is 3.80. The lowest BCUT2D eigenvalue weighted by atomic mass is 10.3. The predicted octanol–water partition coefficient (Wildman–Crippen LogP) is 4.18. The van der Waals surface area contributed by atoms with Gasteiger partial charge in [0.25, 0.3) is 0 Å². The molecule has 4 heteroatoms. The van der Waals surface area contributed by atoms with E-state index >= 15 is 0 Å². The first-order valence-electron chi connectivity index (χ1n) is 6.59. The van der Waals surface area contributed by atoms with Crippen LogP contribution in [0.15, 0.2) is 85.1 Å². The normalized spacial score (nSPS) is 10.3. The van der Waals surface area contributed by atoms with E-state index in [1.165, 1.54) is 0 Å². The van der Waals surface area contributed by atoms with Crippen molar-refractivity contribution in [2.24, 2.45) is 0 Å². The number of nitrogens with zero attached hydrogens (tertiary/aromatic N) is 1. The third-order valence-corrected chi connectivity index (χ3v) is 4.09. The fourth-order valence-electron chi connectivity index (χ4n) is 1.73. The van der Waals surface area contributed by atoms with Gasteiger partial charge in [0.05, 0.1) is 0 Å². The molecule has 0 aliphatic heterocycles. The van der Waals surface area contributed by atoms with Crippen molar-refractivity contribution in [3.63, 3.8) is 0 Å². The summed E-state index contributed by atoms with van der Waals surface area (Å²) in [7, 11) is -1.32. The van der Waals surface area contributed by atoms with Gasteiger partial charge in [0.15, 0.2) is 0 Å². The fraction of sp³-hybridized carbons (Fsp3) is 0. The molecule has 0 N–H and O–H groups in total. The molecule has 0 aliphatic rings. The summed E-state index contributed by atoms with van der Waals surface area (Å²) in [5.41, 5.74) is 0.792. The standard InChI is InChI=1S/C17H14NO2P/c1-3-9-15(10-4-1)19-21(17-13-7-8-14-18-17)20-16-11-5-2-6-12-16/h1-14H. The van der Waals surface area contributed by atoms with Crippen LogP contribution < -0.4 is 14.5 Å². The van der Waals surface area contributed by atoms with Gasteiger partial charge in [0.2, 0.25) is 0 Å². The topological polar surface area (TPSA) is 31.4 Å². The molecule has 0 bridgehead atoms. The maximum absolute atomic E-state index is 5.98. The van der Waals surface area contributed by atoms with E-state index in [2.05, 4.69) is 4.98 Å². The van der Waals surface area contributed by atoms with Crippen molar-refractivity contribution >= 4 is 13.8 Å². The summed E-state index contributed by atoms with van der Waals surface area (Å²) in [5, 5.41) is 0. The van der Waals surface area contributed by atoms with Gasteiger partial charge in [-0.25, -0.2) is 4.98 Å². The van der Waals surface area contributed by atoms with Crippen LogP contribution in [0.2, 0.25) is 0 Å². The van der Waals surface area contributed by atoms with Crippen LogP contribution in [0, 0.1) is 0 Å². The number of pyridine rings is 1. The zero-order chi connectivity index (χ0) is 14.3. The van der Waals surface area contributed by atoms with Gasteiger partial charge in [-0.05, 0) is 36.4 Å². The molecule has 0 aliphatic carbocycles. The minimum Gasteiger partial charge on any atom is -0.434 e. The number of hydrogen-bond donors (Lipinski definition) is 0. The van der Waals surface area contributed by atoms with Gasteiger partial charge in [0.1, 0.15) is 16.9 Å². The van der Waals surface area contributed by atoms with E-state index in [0.717, 1.165) is 16.9 Å². The summed E-state index contributed by atoms with van der Waals surface area (Å²) < 4.78 is 12.0. The molecule has 3 rings (SSSR count). The third-order valence-electron chi connectivity index (χ3n) is 2.70. The lowest BCUT2D eigenvalue weighted by molar-refractivity contribution is 0.501. The zero-order valence-electron chi connectivity index (χ0n) is 11.3. The lowest BCUT2D eigenvalue weighted by Gasteiger charge is -2.17. The second kappa shape index (κ2) is 6.87. The monoisotopic (exact) mass is 295 g/mol. The van der Waals surface area contributed by atoms with Crippen LogP contribution in [0.5, 0.6) is 11.5 Å². The van der Waals surface area contributed by atoms with Crippen molar-refractivity contribution in [2.75, 3.05) is 0 Å². The van der Waals surface area contributed by atoms with E-state index in [-0.39, 0.29) is 0 Å². The van der Waals surface area contributed by atoms with Gasteiger partial charge < -0.3 is 9.05 Å². The maximum atomic E-state index is 5.98. The van der Waals surface area contributed by atoms with Gasteiger partial charge in [-0.2, -0.15) is 0 Å². The largest absolute Gasteiger partial charge is 0.434 e. The minimum atomic E-state index is -1.32. The Hall–Kier alpha value is -2.38. The second-order valence-electron chi connectivity index (χ2n) is 4.25. The SMILES string of the molecule is c1ccc(OP(Oc2ccccc2)c2ccccn2)cc1. The van der Waals surface area contributed by atoms with Crippen LogP contribution in [0.3, 0.4) is 0 Å². The highest BCUT2D eigenvalue weighted by molar-refractivity contribution is 7.56. The number of para-hydroxylation sites is 2. The van der Waals surface area contributed by atoms with Crippen molar-refractivity contribution in [1.29, 1.82) is 0 Å². The Kier molecular flexibility index (Phi) is 4.45. The van der Waals surface area contributed by atoms with Crippen LogP contribution >= 0.6 is 8.38 Å². The predicted molar refractivity (Wildman–Crippen MR) is 84.9 cm³/mol. The Morgan fingerprint density at radius 1 is 0.619 bits per heavy atom. The van der Waals surface area contributed by atoms with Crippen molar-refractivity contribution in [3.05, 3.63) is 85.1 Å². The van der Waals surface area contributed by atoms with Crippen molar-refractivity contribution in [3.8, 4) is 11.5 Å². The summed E-state index contributed by atoms with van der Waals surface area (Å²) >= 11 is 0. The average molecular weight is 295 g/mol. The van der Waals surface area contributed by atoms with Crippen LogP contribution in [0.25, 0.3) is 0 Å². The smallest absolute Gasteiger partial charge is 0.346 e. The first-order valence-corrected chi connectivity index (χ1v) is 7.77. The van der Waals surface area contributed by atoms with E-state index < -0.39 is 8.38 Å². The first-order chi connectivity index (χ1) is 10.4. The molecule has 0 amide bonds.